The average molecular weight is 345 g/mol. The standard InChI is InChI=1S/C16H17ClN6O/c1-2-12(9-3-5-10(17)6-4-9)20-16(24)21-14-7-13-11(8-19-14)15(18)23-22-13/h3-8,12H,2H2,1H3,(H3,18,22,23)(H2,19,20,21,24)/t12-/m1/s1. The Kier molecular flexibility index (Phi) is 4.52. The van der Waals surface area contributed by atoms with Crippen LogP contribution in [0.15, 0.2) is 36.5 Å². The summed E-state index contributed by atoms with van der Waals surface area (Å²) in [5, 5.41) is 13.7. The molecule has 2 amide bonds. The number of aromatic amines is 1. The van der Waals surface area contributed by atoms with Gasteiger partial charge in [-0.25, -0.2) is 9.78 Å². The number of nitrogens with zero attached hydrogens (tertiary/aromatic N) is 2. The van der Waals surface area contributed by atoms with Gasteiger partial charge >= 0.3 is 6.03 Å². The molecular formula is C16H17ClN6O. The third-order valence-corrected chi connectivity index (χ3v) is 3.96. The quantitative estimate of drug-likeness (QED) is 0.581. The zero-order chi connectivity index (χ0) is 17.1. The van der Waals surface area contributed by atoms with Gasteiger partial charge < -0.3 is 11.1 Å². The lowest BCUT2D eigenvalue weighted by Crippen LogP contribution is -2.32. The van der Waals surface area contributed by atoms with Crippen molar-refractivity contribution in [3.63, 3.8) is 0 Å². The van der Waals surface area contributed by atoms with Crippen LogP contribution in [-0.2, 0) is 0 Å². The second-order valence-corrected chi connectivity index (χ2v) is 5.77. The molecule has 3 aromatic rings. The molecule has 0 spiro atoms. The lowest BCUT2D eigenvalue weighted by molar-refractivity contribution is 0.248. The smallest absolute Gasteiger partial charge is 0.320 e. The maximum Gasteiger partial charge on any atom is 0.320 e. The number of carbonyl (C=O) groups is 1. The number of hydrogen-bond donors (Lipinski definition) is 4. The third-order valence-electron chi connectivity index (χ3n) is 3.70. The first-order chi connectivity index (χ1) is 11.6. The van der Waals surface area contributed by atoms with Crippen molar-refractivity contribution < 1.29 is 4.79 Å². The van der Waals surface area contributed by atoms with E-state index in [9.17, 15) is 4.79 Å². The number of pyridine rings is 1. The van der Waals surface area contributed by atoms with Crippen molar-refractivity contribution >= 4 is 40.2 Å². The number of carbonyl (C=O) groups excluding carboxylic acids is 1. The van der Waals surface area contributed by atoms with Crippen LogP contribution in [-0.4, -0.2) is 21.2 Å². The summed E-state index contributed by atoms with van der Waals surface area (Å²) in [6, 6.07) is 8.63. The number of nitrogens with two attached hydrogens (primary N) is 1. The molecule has 2 heterocycles. The van der Waals surface area contributed by atoms with Gasteiger partial charge in [0.05, 0.1) is 16.9 Å². The summed E-state index contributed by atoms with van der Waals surface area (Å²) >= 11 is 5.90. The summed E-state index contributed by atoms with van der Waals surface area (Å²) in [6.07, 6.45) is 2.32. The van der Waals surface area contributed by atoms with Gasteiger partial charge in [0, 0.05) is 17.3 Å². The maximum atomic E-state index is 12.2. The predicted molar refractivity (Wildman–Crippen MR) is 94.9 cm³/mol. The van der Waals surface area contributed by atoms with Crippen LogP contribution < -0.4 is 16.4 Å². The Morgan fingerprint density at radius 3 is 2.83 bits per heavy atom. The van der Waals surface area contributed by atoms with E-state index in [-0.39, 0.29) is 12.1 Å². The van der Waals surface area contributed by atoms with Crippen molar-refractivity contribution in [2.24, 2.45) is 0 Å². The summed E-state index contributed by atoms with van der Waals surface area (Å²) in [5.41, 5.74) is 7.39. The first-order valence-corrected chi connectivity index (χ1v) is 7.87. The van der Waals surface area contributed by atoms with Gasteiger partial charge in [-0.05, 0) is 24.1 Å². The monoisotopic (exact) mass is 344 g/mol. The number of amides is 2. The molecule has 7 nitrogen and oxygen atoms in total. The van der Waals surface area contributed by atoms with Crippen LogP contribution in [0.5, 0.6) is 0 Å². The molecule has 2 aromatic heterocycles. The highest BCUT2D eigenvalue weighted by molar-refractivity contribution is 6.30. The number of halogens is 1. The Hall–Kier alpha value is -2.80. The van der Waals surface area contributed by atoms with E-state index in [0.29, 0.717) is 27.6 Å². The minimum atomic E-state index is -0.337. The van der Waals surface area contributed by atoms with Gasteiger partial charge in [0.15, 0.2) is 5.82 Å². The Labute approximate surface area is 143 Å². The Morgan fingerprint density at radius 1 is 1.38 bits per heavy atom. The predicted octanol–water partition coefficient (Wildman–Crippen LogP) is 3.47. The van der Waals surface area contributed by atoms with Crippen LogP contribution in [0, 0.1) is 0 Å². The second kappa shape index (κ2) is 6.76. The van der Waals surface area contributed by atoms with Gasteiger partial charge in [0.25, 0.3) is 0 Å². The number of aromatic nitrogens is 3. The highest BCUT2D eigenvalue weighted by Gasteiger charge is 2.13. The number of nitrogens with one attached hydrogen (secondary N) is 3. The number of fused-ring (bicyclic) bond motifs is 1. The molecule has 0 aliphatic carbocycles. The molecule has 1 atom stereocenters. The van der Waals surface area contributed by atoms with Crippen molar-refractivity contribution in [3.8, 4) is 0 Å². The summed E-state index contributed by atoms with van der Waals surface area (Å²) < 4.78 is 0. The number of rotatable bonds is 4. The lowest BCUT2D eigenvalue weighted by Gasteiger charge is -2.17. The Morgan fingerprint density at radius 2 is 2.12 bits per heavy atom. The molecule has 0 fully saturated rings. The topological polar surface area (TPSA) is 109 Å². The zero-order valence-electron chi connectivity index (χ0n) is 13.0. The minimum absolute atomic E-state index is 0.117. The molecule has 124 valence electrons. The number of nitrogen functional groups attached to an aromatic ring is 1. The fraction of sp³-hybridized carbons (Fsp3) is 0.188. The minimum Gasteiger partial charge on any atom is -0.382 e. The van der Waals surface area contributed by atoms with Gasteiger partial charge in [-0.3, -0.25) is 10.4 Å². The molecule has 0 unspecified atom stereocenters. The number of anilines is 2. The van der Waals surface area contributed by atoms with E-state index < -0.39 is 0 Å². The van der Waals surface area contributed by atoms with Crippen LogP contribution in [0.4, 0.5) is 16.4 Å². The SMILES string of the molecule is CC[C@@H](NC(=O)Nc1cc2[nH]nc(N)c2cn1)c1ccc(Cl)cc1. The van der Waals surface area contributed by atoms with Crippen molar-refractivity contribution in [1.82, 2.24) is 20.5 Å². The van der Waals surface area contributed by atoms with Gasteiger partial charge in [0.1, 0.15) is 5.82 Å². The van der Waals surface area contributed by atoms with E-state index in [0.717, 1.165) is 12.0 Å². The summed E-state index contributed by atoms with van der Waals surface area (Å²) in [5.74, 6) is 0.789. The van der Waals surface area contributed by atoms with Crippen molar-refractivity contribution in [3.05, 3.63) is 47.1 Å². The molecule has 0 aliphatic rings. The first-order valence-electron chi connectivity index (χ1n) is 7.49. The third kappa shape index (κ3) is 3.41. The fourth-order valence-electron chi connectivity index (χ4n) is 2.43. The number of H-pyrrole nitrogens is 1. The van der Waals surface area contributed by atoms with Gasteiger partial charge in [-0.2, -0.15) is 5.10 Å². The lowest BCUT2D eigenvalue weighted by atomic mass is 10.1. The molecule has 5 N–H and O–H groups in total. The van der Waals surface area contributed by atoms with E-state index in [1.807, 2.05) is 19.1 Å². The molecule has 3 rings (SSSR count). The number of benzene rings is 1. The first kappa shape index (κ1) is 16.1. The molecule has 0 saturated carbocycles. The van der Waals surface area contributed by atoms with Crippen LogP contribution in [0.3, 0.4) is 0 Å². The van der Waals surface area contributed by atoms with Crippen LogP contribution in [0.2, 0.25) is 5.02 Å². The molecule has 0 bridgehead atoms. The molecule has 0 aliphatic heterocycles. The van der Waals surface area contributed by atoms with Gasteiger partial charge in [-0.15, -0.1) is 0 Å². The number of urea groups is 1. The van der Waals surface area contributed by atoms with Crippen molar-refractivity contribution in [2.45, 2.75) is 19.4 Å². The molecular weight excluding hydrogens is 328 g/mol. The molecule has 24 heavy (non-hydrogen) atoms. The summed E-state index contributed by atoms with van der Waals surface area (Å²) in [6.45, 7) is 2.00. The summed E-state index contributed by atoms with van der Waals surface area (Å²) in [4.78, 5) is 16.4. The molecule has 0 radical (unpaired) electrons. The number of hydrogen-bond acceptors (Lipinski definition) is 4. The molecule has 1 aromatic carbocycles. The van der Waals surface area contributed by atoms with E-state index in [1.165, 1.54) is 0 Å². The highest BCUT2D eigenvalue weighted by Crippen LogP contribution is 2.21. The average Bonchev–Trinajstić information content (AvgIpc) is 2.94. The van der Waals surface area contributed by atoms with Crippen molar-refractivity contribution in [1.29, 1.82) is 0 Å². The summed E-state index contributed by atoms with van der Waals surface area (Å²) in [7, 11) is 0. The van der Waals surface area contributed by atoms with Crippen molar-refractivity contribution in [2.75, 3.05) is 11.1 Å². The van der Waals surface area contributed by atoms with Crippen LogP contribution >= 0.6 is 11.6 Å². The maximum absolute atomic E-state index is 12.2. The van der Waals surface area contributed by atoms with E-state index in [2.05, 4.69) is 25.8 Å². The highest BCUT2D eigenvalue weighted by atomic mass is 35.5. The van der Waals surface area contributed by atoms with Gasteiger partial charge in [0.2, 0.25) is 0 Å². The fourth-order valence-corrected chi connectivity index (χ4v) is 2.55. The molecule has 0 saturated heterocycles. The zero-order valence-corrected chi connectivity index (χ0v) is 13.8. The Balaban J connectivity index is 1.69. The van der Waals surface area contributed by atoms with Crippen LogP contribution in [0.1, 0.15) is 24.9 Å². The normalized spacial score (nSPS) is 12.1. The van der Waals surface area contributed by atoms with E-state index in [4.69, 9.17) is 17.3 Å². The van der Waals surface area contributed by atoms with Gasteiger partial charge in [-0.1, -0.05) is 30.7 Å². The van der Waals surface area contributed by atoms with E-state index >= 15 is 0 Å². The van der Waals surface area contributed by atoms with Crippen LogP contribution in [0.25, 0.3) is 10.9 Å². The second-order valence-electron chi connectivity index (χ2n) is 5.33. The van der Waals surface area contributed by atoms with E-state index in [1.54, 1.807) is 24.4 Å². The Bertz CT molecular complexity index is 861. The largest absolute Gasteiger partial charge is 0.382 e. The molecule has 8 heteroatoms.